The number of imidazole rings is 1. The zero-order chi connectivity index (χ0) is 24.1. The van der Waals surface area contributed by atoms with Crippen molar-refractivity contribution in [2.75, 3.05) is 6.54 Å². The first-order valence-corrected chi connectivity index (χ1v) is 10.9. The van der Waals surface area contributed by atoms with Gasteiger partial charge in [0, 0.05) is 19.0 Å². The van der Waals surface area contributed by atoms with Crippen LogP contribution in [0.1, 0.15) is 49.3 Å². The minimum atomic E-state index is -0.422. The monoisotopic (exact) mass is 454 g/mol. The molecule has 0 spiro atoms. The van der Waals surface area contributed by atoms with E-state index in [9.17, 15) is 9.18 Å². The summed E-state index contributed by atoms with van der Waals surface area (Å²) in [5.74, 6) is 0.501. The number of rotatable bonds is 8. The Labute approximate surface area is 193 Å². The van der Waals surface area contributed by atoms with Crippen LogP contribution in [0.5, 0.6) is 0 Å². The molecule has 1 fully saturated rings. The molecule has 0 radical (unpaired) electrons. The standard InChI is InChI=1S/C24H29FN4O.CH2O2/c1-2-3-4-5-6-11-20-17-27-24(28-20)22-13-9-14-29(22)23(30)16-19(26)15-18-10-7-8-12-21(18)25;2-1-3/h2-8,10-12,17,19,22H,9,13-16,26H2,1H3,(H,27,28);1H,(H,2,3)/b3-2-,5-4+,11-6+;/t19-,22+;/m1./s1. The fourth-order valence-corrected chi connectivity index (χ4v) is 3.71. The van der Waals surface area contributed by atoms with Crippen LogP contribution in [0.2, 0.25) is 0 Å². The van der Waals surface area contributed by atoms with Gasteiger partial charge in [-0.25, -0.2) is 9.37 Å². The van der Waals surface area contributed by atoms with Crippen LogP contribution < -0.4 is 5.73 Å². The third kappa shape index (κ3) is 8.16. The molecule has 3 rings (SSSR count). The molecule has 33 heavy (non-hydrogen) atoms. The number of carbonyl (C=O) groups is 2. The van der Waals surface area contributed by atoms with Crippen molar-refractivity contribution in [3.63, 3.8) is 0 Å². The Bertz CT molecular complexity index is 984. The first-order valence-electron chi connectivity index (χ1n) is 10.9. The van der Waals surface area contributed by atoms with Crippen molar-refractivity contribution in [2.24, 2.45) is 5.73 Å². The number of likely N-dealkylation sites (tertiary alicyclic amines) is 1. The molecule has 1 aromatic carbocycles. The lowest BCUT2D eigenvalue weighted by atomic mass is 10.0. The van der Waals surface area contributed by atoms with E-state index in [0.29, 0.717) is 18.5 Å². The van der Waals surface area contributed by atoms with E-state index in [2.05, 4.69) is 9.97 Å². The van der Waals surface area contributed by atoms with Crippen molar-refractivity contribution in [2.45, 2.75) is 44.7 Å². The highest BCUT2D eigenvalue weighted by atomic mass is 19.1. The molecular formula is C25H31FN4O3. The second kappa shape index (κ2) is 13.8. The van der Waals surface area contributed by atoms with E-state index in [4.69, 9.17) is 15.6 Å². The molecule has 0 unspecified atom stereocenters. The molecule has 1 aliphatic rings. The number of hydrogen-bond donors (Lipinski definition) is 3. The van der Waals surface area contributed by atoms with E-state index < -0.39 is 6.04 Å². The second-order valence-electron chi connectivity index (χ2n) is 7.60. The van der Waals surface area contributed by atoms with Crippen molar-refractivity contribution in [1.82, 2.24) is 14.9 Å². The van der Waals surface area contributed by atoms with Crippen LogP contribution in [0.4, 0.5) is 4.39 Å². The van der Waals surface area contributed by atoms with Crippen LogP contribution in [0, 0.1) is 5.82 Å². The molecule has 176 valence electrons. The maximum atomic E-state index is 13.8. The number of H-pyrrole nitrogens is 1. The predicted molar refractivity (Wildman–Crippen MR) is 127 cm³/mol. The van der Waals surface area contributed by atoms with Gasteiger partial charge in [0.25, 0.3) is 6.47 Å². The molecule has 0 aliphatic carbocycles. The van der Waals surface area contributed by atoms with E-state index in [0.717, 1.165) is 24.4 Å². The molecule has 4 N–H and O–H groups in total. The Kier molecular flexibility index (Phi) is 10.8. The van der Waals surface area contributed by atoms with Crippen LogP contribution in [-0.4, -0.2) is 44.9 Å². The molecule has 1 aromatic heterocycles. The Morgan fingerprint density at radius 2 is 2.06 bits per heavy atom. The van der Waals surface area contributed by atoms with Crippen LogP contribution in [0.25, 0.3) is 6.08 Å². The van der Waals surface area contributed by atoms with Crippen LogP contribution >= 0.6 is 0 Å². The minimum absolute atomic E-state index is 0.0101. The fourth-order valence-electron chi connectivity index (χ4n) is 3.71. The largest absolute Gasteiger partial charge is 0.483 e. The number of nitrogens with two attached hydrogens (primary N) is 1. The number of benzene rings is 1. The Morgan fingerprint density at radius 3 is 2.79 bits per heavy atom. The van der Waals surface area contributed by atoms with Gasteiger partial charge in [-0.1, -0.05) is 48.6 Å². The van der Waals surface area contributed by atoms with Gasteiger partial charge >= 0.3 is 0 Å². The number of aromatic amines is 1. The van der Waals surface area contributed by atoms with Gasteiger partial charge in [0.15, 0.2) is 0 Å². The number of aromatic nitrogens is 2. The summed E-state index contributed by atoms with van der Waals surface area (Å²) in [6.45, 7) is 2.41. The lowest BCUT2D eigenvalue weighted by Gasteiger charge is -2.25. The molecule has 1 saturated heterocycles. The summed E-state index contributed by atoms with van der Waals surface area (Å²) in [7, 11) is 0. The molecule has 7 nitrogen and oxygen atoms in total. The van der Waals surface area contributed by atoms with Crippen LogP contribution in [-0.2, 0) is 16.0 Å². The summed E-state index contributed by atoms with van der Waals surface area (Å²) < 4.78 is 13.8. The average molecular weight is 455 g/mol. The van der Waals surface area contributed by atoms with Crippen molar-refractivity contribution in [1.29, 1.82) is 0 Å². The molecular weight excluding hydrogens is 423 g/mol. The highest BCUT2D eigenvalue weighted by molar-refractivity contribution is 5.77. The van der Waals surface area contributed by atoms with E-state index in [1.807, 2.05) is 48.3 Å². The maximum Gasteiger partial charge on any atom is 0.290 e. The van der Waals surface area contributed by atoms with Crippen LogP contribution in [0.15, 0.2) is 60.8 Å². The quantitative estimate of drug-likeness (QED) is 0.412. The molecule has 1 aliphatic heterocycles. The molecule has 0 saturated carbocycles. The number of allylic oxidation sites excluding steroid dienone is 5. The lowest BCUT2D eigenvalue weighted by molar-refractivity contribution is -0.132. The summed E-state index contributed by atoms with van der Waals surface area (Å²) in [5, 5.41) is 6.89. The summed E-state index contributed by atoms with van der Waals surface area (Å²) in [4.78, 5) is 30.9. The van der Waals surface area contributed by atoms with E-state index in [1.54, 1.807) is 24.4 Å². The van der Waals surface area contributed by atoms with E-state index in [-0.39, 0.29) is 30.7 Å². The normalized spacial score (nSPS) is 16.9. The lowest BCUT2D eigenvalue weighted by Crippen LogP contribution is -2.36. The smallest absolute Gasteiger partial charge is 0.290 e. The minimum Gasteiger partial charge on any atom is -0.483 e. The summed E-state index contributed by atoms with van der Waals surface area (Å²) in [5.41, 5.74) is 7.60. The number of carboxylic acid groups (broad SMARTS) is 1. The van der Waals surface area contributed by atoms with Crippen molar-refractivity contribution >= 4 is 18.5 Å². The number of halogens is 1. The third-order valence-electron chi connectivity index (χ3n) is 5.18. The predicted octanol–water partition coefficient (Wildman–Crippen LogP) is 4.02. The first-order chi connectivity index (χ1) is 16.0. The van der Waals surface area contributed by atoms with Crippen molar-refractivity contribution in [3.05, 3.63) is 83.7 Å². The van der Waals surface area contributed by atoms with E-state index >= 15 is 0 Å². The van der Waals surface area contributed by atoms with Gasteiger partial charge in [-0.2, -0.15) is 0 Å². The first kappa shape index (κ1) is 25.7. The molecule has 2 atom stereocenters. The van der Waals surface area contributed by atoms with Gasteiger partial charge in [0.05, 0.1) is 17.9 Å². The molecule has 0 bridgehead atoms. The van der Waals surface area contributed by atoms with Gasteiger partial charge in [0.1, 0.15) is 11.6 Å². The third-order valence-corrected chi connectivity index (χ3v) is 5.18. The Hall–Kier alpha value is -3.52. The summed E-state index contributed by atoms with van der Waals surface area (Å²) in [6.07, 6.45) is 15.8. The Morgan fingerprint density at radius 1 is 1.33 bits per heavy atom. The number of hydrogen-bond acceptors (Lipinski definition) is 4. The van der Waals surface area contributed by atoms with Crippen molar-refractivity contribution in [3.8, 4) is 0 Å². The number of nitrogens with one attached hydrogen (secondary N) is 1. The SMILES string of the molecule is C\C=C/C=C/C=C/c1cnc([C@@H]2CCCN2C(=O)C[C@H](N)Cc2ccccc2F)[nH]1.O=CO. The number of carbonyl (C=O) groups excluding carboxylic acids is 1. The fraction of sp³-hybridized carbons (Fsp3) is 0.320. The topological polar surface area (TPSA) is 112 Å². The molecule has 8 heteroatoms. The van der Waals surface area contributed by atoms with Gasteiger partial charge in [-0.15, -0.1) is 0 Å². The van der Waals surface area contributed by atoms with Gasteiger partial charge in [-0.05, 0) is 43.9 Å². The van der Waals surface area contributed by atoms with Crippen molar-refractivity contribution < 1.29 is 19.1 Å². The van der Waals surface area contributed by atoms with Gasteiger partial charge in [-0.3, -0.25) is 9.59 Å². The molecule has 2 heterocycles. The van der Waals surface area contributed by atoms with E-state index in [1.165, 1.54) is 6.07 Å². The van der Waals surface area contributed by atoms with Crippen LogP contribution in [0.3, 0.4) is 0 Å². The Balaban J connectivity index is 0.00000122. The molecule has 1 amide bonds. The molecule has 2 aromatic rings. The zero-order valence-electron chi connectivity index (χ0n) is 18.7. The second-order valence-corrected chi connectivity index (χ2v) is 7.60. The number of amides is 1. The summed E-state index contributed by atoms with van der Waals surface area (Å²) >= 11 is 0. The zero-order valence-corrected chi connectivity index (χ0v) is 18.7. The maximum absolute atomic E-state index is 13.8. The van der Waals surface area contributed by atoms with Gasteiger partial charge < -0.3 is 20.7 Å². The average Bonchev–Trinajstić information content (AvgIpc) is 3.45. The highest BCUT2D eigenvalue weighted by Gasteiger charge is 2.32. The summed E-state index contributed by atoms with van der Waals surface area (Å²) in [6, 6.07) is 6.07. The van der Waals surface area contributed by atoms with Gasteiger partial charge in [0.2, 0.25) is 5.91 Å². The number of nitrogens with zero attached hydrogens (tertiary/aromatic N) is 2. The highest BCUT2D eigenvalue weighted by Crippen LogP contribution is 2.31.